The molecule has 0 spiro atoms. The van der Waals surface area contributed by atoms with Gasteiger partial charge in [-0.3, -0.25) is 0 Å². The zero-order chi connectivity index (χ0) is 60.1. The molecule has 4 aliphatic heterocycles. The van der Waals surface area contributed by atoms with Crippen molar-refractivity contribution in [2.45, 2.75) is 9.79 Å². The second-order valence-electron chi connectivity index (χ2n) is 24.5. The Balaban J connectivity index is 0.967. The molecule has 8 heteroatoms. The molecule has 2 aromatic heterocycles. The molecule has 0 atom stereocenters. The predicted molar refractivity (Wildman–Crippen MR) is 387 cm³/mol. The summed E-state index contributed by atoms with van der Waals surface area (Å²) < 4.78 is 14.3. The molecule has 4 aliphatic rings. The zero-order valence-corrected chi connectivity index (χ0v) is 50.5. The Morgan fingerprint density at radius 1 is 0.272 bits per heavy atom. The third-order valence-corrected chi connectivity index (χ3v) is 20.9. The average Bonchev–Trinajstić information content (AvgIpc) is 0.984. The van der Waals surface area contributed by atoms with E-state index in [0.29, 0.717) is 0 Å². The first-order chi connectivity index (χ1) is 45.7. The van der Waals surface area contributed by atoms with E-state index in [1.54, 1.807) is 0 Å². The third-order valence-electron chi connectivity index (χ3n) is 19.6. The van der Waals surface area contributed by atoms with Crippen LogP contribution in [0.3, 0.4) is 0 Å². The van der Waals surface area contributed by atoms with Crippen LogP contribution in [0.2, 0.25) is 0 Å². The van der Waals surface area contributed by atoms with Gasteiger partial charge in [0, 0.05) is 89.0 Å². The molecular formula is C84H51B2N3O2S. The van der Waals surface area contributed by atoms with Crippen LogP contribution >= 0.6 is 11.8 Å². The van der Waals surface area contributed by atoms with Gasteiger partial charge in [-0.05, 0) is 127 Å². The summed E-state index contributed by atoms with van der Waals surface area (Å²) in [5.41, 5.74) is 29.9. The van der Waals surface area contributed by atoms with Crippen LogP contribution in [0.25, 0.3) is 88.4 Å². The van der Waals surface area contributed by atoms with Crippen molar-refractivity contribution in [3.63, 3.8) is 0 Å². The lowest BCUT2D eigenvalue weighted by Gasteiger charge is -2.47. The van der Waals surface area contributed by atoms with E-state index >= 15 is 0 Å². The van der Waals surface area contributed by atoms with Gasteiger partial charge in [0.2, 0.25) is 6.71 Å². The first-order valence-electron chi connectivity index (χ1n) is 31.6. The number of nitrogens with zero attached hydrogens (tertiary/aromatic N) is 3. The second kappa shape index (κ2) is 20.0. The van der Waals surface area contributed by atoms with Crippen molar-refractivity contribution in [2.24, 2.45) is 0 Å². The number of fused-ring (bicyclic) bond motifs is 16. The van der Waals surface area contributed by atoms with Gasteiger partial charge in [-0.15, -0.1) is 0 Å². The van der Waals surface area contributed by atoms with E-state index in [1.165, 1.54) is 48.0 Å². The van der Waals surface area contributed by atoms with Gasteiger partial charge < -0.3 is 23.5 Å². The molecule has 0 fully saturated rings. The Bertz CT molecular complexity index is 5630. The highest BCUT2D eigenvalue weighted by Crippen LogP contribution is 2.55. The highest BCUT2D eigenvalue weighted by molar-refractivity contribution is 8.00. The van der Waals surface area contributed by atoms with Crippen molar-refractivity contribution in [3.8, 4) is 44.5 Å². The maximum atomic E-state index is 7.29. The van der Waals surface area contributed by atoms with Gasteiger partial charge in [0.15, 0.2) is 0 Å². The Labute approximate surface area is 536 Å². The lowest BCUT2D eigenvalue weighted by atomic mass is 9.30. The highest BCUT2D eigenvalue weighted by atomic mass is 32.2. The minimum absolute atomic E-state index is 0.130. The Morgan fingerprint density at radius 3 is 1.38 bits per heavy atom. The molecule has 20 rings (SSSR count). The van der Waals surface area contributed by atoms with Crippen LogP contribution in [-0.4, -0.2) is 13.4 Å². The first kappa shape index (κ1) is 51.4. The van der Waals surface area contributed by atoms with E-state index in [0.717, 1.165) is 134 Å². The number of rotatable bonds is 7. The van der Waals surface area contributed by atoms with Crippen LogP contribution in [0.15, 0.2) is 328 Å². The fourth-order valence-electron chi connectivity index (χ4n) is 15.8. The maximum Gasteiger partial charge on any atom is 0.252 e. The van der Waals surface area contributed by atoms with Crippen LogP contribution in [-0.2, 0) is 0 Å². The van der Waals surface area contributed by atoms with E-state index in [4.69, 9.17) is 8.83 Å². The van der Waals surface area contributed by atoms with Crippen molar-refractivity contribution in [2.75, 3.05) is 14.7 Å². The summed E-state index contributed by atoms with van der Waals surface area (Å²) in [5.74, 6) is 0. The van der Waals surface area contributed by atoms with Crippen molar-refractivity contribution in [3.05, 3.63) is 309 Å². The van der Waals surface area contributed by atoms with Crippen molar-refractivity contribution in [1.82, 2.24) is 0 Å². The van der Waals surface area contributed by atoms with Gasteiger partial charge in [-0.25, -0.2) is 0 Å². The molecule has 0 amide bonds. The number of benzene rings is 14. The normalized spacial score (nSPS) is 13.3. The summed E-state index contributed by atoms with van der Waals surface area (Å²) in [6, 6.07) is 114. The SMILES string of the molecule is c1ccc(-c2cccc(-c3cccc(-c4cccc(-c5ccccc5)c4)c3N3c4cc5c(cc4B4c6ccccc6N(c6ccccc6)c6c4c3cc3oc4ccccc4c63)B3c4ccccc4Sc4c3c(cc3oc6ccccc6c43)N5c3ccccc3)c2)cc1. The number of anilines is 9. The largest absolute Gasteiger partial charge is 0.456 e. The topological polar surface area (TPSA) is 36.0 Å². The van der Waals surface area contributed by atoms with E-state index < -0.39 is 0 Å². The molecule has 0 bridgehead atoms. The predicted octanol–water partition coefficient (Wildman–Crippen LogP) is 19.0. The molecule has 5 nitrogen and oxygen atoms in total. The molecule has 0 unspecified atom stereocenters. The van der Waals surface area contributed by atoms with Crippen LogP contribution in [0.4, 0.5) is 51.2 Å². The van der Waals surface area contributed by atoms with E-state index in [2.05, 4.69) is 324 Å². The fraction of sp³-hybridized carbons (Fsp3) is 0. The van der Waals surface area contributed by atoms with Gasteiger partial charge >= 0.3 is 0 Å². The van der Waals surface area contributed by atoms with Gasteiger partial charge in [0.1, 0.15) is 22.3 Å². The molecule has 0 radical (unpaired) electrons. The molecule has 0 saturated carbocycles. The van der Waals surface area contributed by atoms with Crippen molar-refractivity contribution >= 4 is 153 Å². The summed E-state index contributed by atoms with van der Waals surface area (Å²) in [6.45, 7) is -0.363. The summed E-state index contributed by atoms with van der Waals surface area (Å²) >= 11 is 1.88. The van der Waals surface area contributed by atoms with Crippen LogP contribution < -0.4 is 47.5 Å². The standard InChI is InChI=1S/C84H51B2N3O2S/c1-5-24-52(25-6-1)54-28-21-30-56(46-54)60-38-23-39-61(57-31-22-29-55(47-57)53-26-7-2-8-27-53)82(60)89-70-49-69-66(86-65-41-16-20-45-77(65)92-84-79-63-37-14-19-44-74(63)91-76(79)51-72(81(84)86)87(69)58-32-9-3-10-33-58)48-67(70)85-64-40-15-17-42-68(64)88(59-34-11-4-12-35-59)83-78-62-36-13-18-43-73(62)90-75(78)50-71(89)80(83)85/h1-51H. The Kier molecular flexibility index (Phi) is 11.2. The Morgan fingerprint density at radius 2 is 0.739 bits per heavy atom. The van der Waals surface area contributed by atoms with Crippen LogP contribution in [0.1, 0.15) is 0 Å². The van der Waals surface area contributed by atoms with Gasteiger partial charge in [0.05, 0.1) is 16.8 Å². The molecule has 426 valence electrons. The average molecular weight is 1190 g/mol. The molecule has 16 aromatic rings. The molecular weight excluding hydrogens is 1140 g/mol. The maximum absolute atomic E-state index is 7.29. The van der Waals surface area contributed by atoms with Crippen LogP contribution in [0, 0.1) is 0 Å². The summed E-state index contributed by atoms with van der Waals surface area (Å²) in [4.78, 5) is 10.2. The highest BCUT2D eigenvalue weighted by Gasteiger charge is 2.49. The molecule has 0 saturated heterocycles. The monoisotopic (exact) mass is 1190 g/mol. The smallest absolute Gasteiger partial charge is 0.252 e. The molecule has 14 aromatic carbocycles. The van der Waals surface area contributed by atoms with Crippen LogP contribution in [0.5, 0.6) is 0 Å². The lowest BCUT2D eigenvalue weighted by Crippen LogP contribution is -2.64. The Hall–Kier alpha value is -11.4. The van der Waals surface area contributed by atoms with Crippen molar-refractivity contribution in [1.29, 1.82) is 0 Å². The quantitative estimate of drug-likeness (QED) is 0.148. The minimum Gasteiger partial charge on any atom is -0.456 e. The number of furan rings is 2. The molecule has 0 aliphatic carbocycles. The second-order valence-corrected chi connectivity index (χ2v) is 25.6. The molecule has 0 N–H and O–H groups in total. The van der Waals surface area contributed by atoms with Gasteiger partial charge in [0.25, 0.3) is 6.71 Å². The first-order valence-corrected chi connectivity index (χ1v) is 32.4. The molecule has 92 heavy (non-hydrogen) atoms. The third kappa shape index (κ3) is 7.53. The summed E-state index contributed by atoms with van der Waals surface area (Å²) in [5, 5.41) is 4.47. The van der Waals surface area contributed by atoms with E-state index in [-0.39, 0.29) is 13.4 Å². The number of hydrogen-bond donors (Lipinski definition) is 0. The lowest BCUT2D eigenvalue weighted by molar-refractivity contribution is 0.668. The van der Waals surface area contributed by atoms with E-state index in [9.17, 15) is 0 Å². The number of para-hydroxylation sites is 6. The minimum atomic E-state index is -0.233. The fourth-order valence-corrected chi connectivity index (χ4v) is 17.1. The number of hydrogen-bond acceptors (Lipinski definition) is 6. The zero-order valence-electron chi connectivity index (χ0n) is 49.7. The molecule has 6 heterocycles. The summed E-state index contributed by atoms with van der Waals surface area (Å²) in [6.07, 6.45) is 0. The van der Waals surface area contributed by atoms with Gasteiger partial charge in [-0.1, -0.05) is 248 Å². The van der Waals surface area contributed by atoms with Crippen molar-refractivity contribution < 1.29 is 8.83 Å². The summed E-state index contributed by atoms with van der Waals surface area (Å²) in [7, 11) is 0. The van der Waals surface area contributed by atoms with E-state index in [1.807, 2.05) is 11.8 Å². The van der Waals surface area contributed by atoms with Gasteiger partial charge in [-0.2, -0.15) is 0 Å².